The van der Waals surface area contributed by atoms with Crippen molar-refractivity contribution in [2.45, 2.75) is 142 Å². The van der Waals surface area contributed by atoms with Crippen molar-refractivity contribution in [3.05, 3.63) is 23.8 Å². The van der Waals surface area contributed by atoms with Crippen molar-refractivity contribution >= 4 is 0 Å². The normalized spacial score (nSPS) is 30.5. The Morgan fingerprint density at radius 2 is 1.54 bits per heavy atom. The molecule has 0 bridgehead atoms. The van der Waals surface area contributed by atoms with Gasteiger partial charge in [0.2, 0.25) is 6.29 Å². The second kappa shape index (κ2) is 15.0. The lowest BCUT2D eigenvalue weighted by Crippen LogP contribution is -2.60. The summed E-state index contributed by atoms with van der Waals surface area (Å²) in [5.41, 5.74) is 0.850. The number of fused-ring (bicyclic) bond motifs is 1. The van der Waals surface area contributed by atoms with Crippen LogP contribution >= 0.6 is 0 Å². The largest absolute Gasteiger partial charge is 0.487 e. The summed E-state index contributed by atoms with van der Waals surface area (Å²) in [5, 5.41) is 39.6. The van der Waals surface area contributed by atoms with Crippen LogP contribution in [-0.2, 0) is 11.2 Å². The standard InChI is InChI=1S/C32H54O7/c1-21(2)9-6-10-22(3)11-7-12-23(4)13-8-17-32(5)18-16-24-19-25(14-15-26(24)39-32)37-31-30(36)29(35)28(34)27(20-33)38-31/h14-15,19,21-23,27-31,33-36H,6-13,16-18,20H2,1-5H3/t22-,23-,27-,28-,29+,30-,31+,32?/m1/s1. The Bertz CT molecular complexity index is 859. The first-order valence-electron chi connectivity index (χ1n) is 15.3. The van der Waals surface area contributed by atoms with Crippen LogP contribution in [0.25, 0.3) is 0 Å². The van der Waals surface area contributed by atoms with Crippen LogP contribution in [0.2, 0.25) is 0 Å². The predicted molar refractivity (Wildman–Crippen MR) is 153 cm³/mol. The summed E-state index contributed by atoms with van der Waals surface area (Å²) < 4.78 is 17.7. The second-order valence-corrected chi connectivity index (χ2v) is 13.0. The molecular weight excluding hydrogens is 496 g/mol. The first-order chi connectivity index (χ1) is 18.5. The molecule has 0 amide bonds. The summed E-state index contributed by atoms with van der Waals surface area (Å²) in [4.78, 5) is 0. The predicted octanol–water partition coefficient (Wildman–Crippen LogP) is 5.39. The molecule has 1 fully saturated rings. The van der Waals surface area contributed by atoms with Gasteiger partial charge in [0.1, 0.15) is 41.5 Å². The third-order valence-electron chi connectivity index (χ3n) is 8.69. The van der Waals surface area contributed by atoms with Crippen LogP contribution in [0.4, 0.5) is 0 Å². The first kappa shape index (κ1) is 32.1. The zero-order valence-electron chi connectivity index (χ0n) is 24.8. The number of hydrogen-bond donors (Lipinski definition) is 4. The highest BCUT2D eigenvalue weighted by atomic mass is 16.7. The molecule has 2 aliphatic rings. The Hall–Kier alpha value is -1.38. The minimum absolute atomic E-state index is 0.183. The molecule has 0 saturated carbocycles. The van der Waals surface area contributed by atoms with Crippen LogP contribution in [0.15, 0.2) is 18.2 Å². The maximum atomic E-state index is 10.3. The molecular formula is C32H54O7. The molecule has 2 aliphatic heterocycles. The van der Waals surface area contributed by atoms with Gasteiger partial charge in [0, 0.05) is 0 Å². The Kier molecular flexibility index (Phi) is 12.4. The third kappa shape index (κ3) is 9.60. The van der Waals surface area contributed by atoms with Crippen molar-refractivity contribution in [3.63, 3.8) is 0 Å². The van der Waals surface area contributed by atoms with Gasteiger partial charge in [-0.3, -0.25) is 0 Å². The van der Waals surface area contributed by atoms with Crippen molar-refractivity contribution in [2.75, 3.05) is 6.61 Å². The quantitative estimate of drug-likeness (QED) is 0.232. The van der Waals surface area contributed by atoms with Gasteiger partial charge in [-0.1, -0.05) is 72.6 Å². The van der Waals surface area contributed by atoms with Crippen molar-refractivity contribution in [3.8, 4) is 11.5 Å². The van der Waals surface area contributed by atoms with Crippen LogP contribution in [-0.4, -0.2) is 63.3 Å². The fourth-order valence-electron chi connectivity index (χ4n) is 5.92. The van der Waals surface area contributed by atoms with Crippen LogP contribution in [0.1, 0.15) is 104 Å². The summed E-state index contributed by atoms with van der Waals surface area (Å²) >= 11 is 0. The number of hydrogen-bond acceptors (Lipinski definition) is 7. The van der Waals surface area contributed by atoms with E-state index in [0.717, 1.165) is 54.7 Å². The van der Waals surface area contributed by atoms with Gasteiger partial charge in [-0.05, 0) is 74.1 Å². The number of aliphatic hydroxyl groups is 4. The van der Waals surface area contributed by atoms with Crippen LogP contribution in [0.5, 0.6) is 11.5 Å². The molecule has 8 atom stereocenters. The van der Waals surface area contributed by atoms with Gasteiger partial charge in [-0.15, -0.1) is 0 Å². The maximum absolute atomic E-state index is 10.3. The van der Waals surface area contributed by atoms with E-state index in [4.69, 9.17) is 14.2 Å². The topological polar surface area (TPSA) is 109 Å². The van der Waals surface area contributed by atoms with Crippen molar-refractivity contribution in [2.24, 2.45) is 17.8 Å². The van der Waals surface area contributed by atoms with E-state index >= 15 is 0 Å². The second-order valence-electron chi connectivity index (χ2n) is 13.0. The van der Waals surface area contributed by atoms with E-state index in [1.807, 2.05) is 12.1 Å². The number of ether oxygens (including phenoxy) is 3. The van der Waals surface area contributed by atoms with Crippen molar-refractivity contribution in [1.82, 2.24) is 0 Å². The smallest absolute Gasteiger partial charge is 0.229 e. The zero-order valence-corrected chi connectivity index (χ0v) is 24.8. The van der Waals surface area contributed by atoms with E-state index < -0.39 is 37.3 Å². The fourth-order valence-corrected chi connectivity index (χ4v) is 5.92. The molecule has 2 heterocycles. The molecule has 4 N–H and O–H groups in total. The molecule has 3 rings (SSSR count). The molecule has 0 radical (unpaired) electrons. The van der Waals surface area contributed by atoms with Gasteiger partial charge < -0.3 is 34.6 Å². The molecule has 7 heteroatoms. The van der Waals surface area contributed by atoms with Gasteiger partial charge in [-0.25, -0.2) is 0 Å². The summed E-state index contributed by atoms with van der Waals surface area (Å²) in [6.07, 6.45) is 6.80. The number of benzene rings is 1. The summed E-state index contributed by atoms with van der Waals surface area (Å²) in [7, 11) is 0. The lowest BCUT2D eigenvalue weighted by molar-refractivity contribution is -0.277. The summed E-state index contributed by atoms with van der Waals surface area (Å²) in [6, 6.07) is 5.53. The minimum atomic E-state index is -1.46. The van der Waals surface area contributed by atoms with Crippen LogP contribution in [0, 0.1) is 17.8 Å². The lowest BCUT2D eigenvalue weighted by atomic mass is 9.86. The molecule has 1 saturated heterocycles. The van der Waals surface area contributed by atoms with E-state index in [2.05, 4.69) is 34.6 Å². The number of aliphatic hydroxyl groups excluding tert-OH is 4. The Balaban J connectivity index is 1.41. The van der Waals surface area contributed by atoms with Crippen molar-refractivity contribution < 1.29 is 34.6 Å². The minimum Gasteiger partial charge on any atom is -0.487 e. The molecule has 0 aliphatic carbocycles. The third-order valence-corrected chi connectivity index (χ3v) is 8.69. The van der Waals surface area contributed by atoms with Crippen molar-refractivity contribution in [1.29, 1.82) is 0 Å². The average Bonchev–Trinajstić information content (AvgIpc) is 2.89. The van der Waals surface area contributed by atoms with Crippen LogP contribution in [0.3, 0.4) is 0 Å². The van der Waals surface area contributed by atoms with E-state index in [1.54, 1.807) is 6.07 Å². The number of aryl methyl sites for hydroxylation is 1. The summed E-state index contributed by atoms with van der Waals surface area (Å²) in [5.74, 6) is 3.73. The first-order valence-corrected chi connectivity index (χ1v) is 15.3. The zero-order chi connectivity index (χ0) is 28.6. The molecule has 224 valence electrons. The molecule has 7 nitrogen and oxygen atoms in total. The molecule has 39 heavy (non-hydrogen) atoms. The average molecular weight is 551 g/mol. The van der Waals surface area contributed by atoms with Gasteiger partial charge in [0.15, 0.2) is 0 Å². The highest BCUT2D eigenvalue weighted by molar-refractivity contribution is 5.42. The Labute approximate surface area is 235 Å². The van der Waals surface area contributed by atoms with E-state index in [0.29, 0.717) is 5.75 Å². The molecule has 1 aromatic rings. The molecule has 1 aromatic carbocycles. The lowest BCUT2D eigenvalue weighted by Gasteiger charge is -2.40. The highest BCUT2D eigenvalue weighted by Gasteiger charge is 2.44. The SMILES string of the molecule is CC(C)CCC[C@@H](C)CCC[C@@H](C)CCCC1(C)CCc2cc(O[C@H]3O[C@H](CO)[C@@H](O)[C@H](O)[C@H]3O)ccc2O1. The maximum Gasteiger partial charge on any atom is 0.229 e. The van der Waals surface area contributed by atoms with E-state index in [9.17, 15) is 20.4 Å². The summed E-state index contributed by atoms with van der Waals surface area (Å²) in [6.45, 7) is 11.1. The van der Waals surface area contributed by atoms with Gasteiger partial charge >= 0.3 is 0 Å². The van der Waals surface area contributed by atoms with Gasteiger partial charge in [0.25, 0.3) is 0 Å². The van der Waals surface area contributed by atoms with Gasteiger partial charge in [0.05, 0.1) is 6.61 Å². The highest BCUT2D eigenvalue weighted by Crippen LogP contribution is 2.38. The van der Waals surface area contributed by atoms with Crippen LogP contribution < -0.4 is 9.47 Å². The van der Waals surface area contributed by atoms with E-state index in [-0.39, 0.29) is 5.60 Å². The van der Waals surface area contributed by atoms with E-state index in [1.165, 1.54) is 44.9 Å². The monoisotopic (exact) mass is 550 g/mol. The molecule has 0 aromatic heterocycles. The Morgan fingerprint density at radius 3 is 2.18 bits per heavy atom. The Morgan fingerprint density at radius 1 is 0.897 bits per heavy atom. The molecule has 1 unspecified atom stereocenters. The number of rotatable bonds is 15. The fraction of sp³-hybridized carbons (Fsp3) is 0.812. The van der Waals surface area contributed by atoms with Gasteiger partial charge in [-0.2, -0.15) is 0 Å². The molecule has 0 spiro atoms.